The van der Waals surface area contributed by atoms with E-state index in [4.69, 9.17) is 4.98 Å². The molecular weight excluding hydrogens is 448 g/mol. The third-order valence-corrected chi connectivity index (χ3v) is 6.49. The number of hydrogen-bond donors (Lipinski definition) is 1. The van der Waals surface area contributed by atoms with Gasteiger partial charge >= 0.3 is 6.03 Å². The lowest BCUT2D eigenvalue weighted by molar-refractivity contribution is 0.181. The molecule has 1 heterocycles. The number of aromatic nitrogens is 2. The molecule has 0 spiro atoms. The highest BCUT2D eigenvalue weighted by Gasteiger charge is 2.28. The molecule has 186 valence electrons. The van der Waals surface area contributed by atoms with E-state index in [1.807, 2.05) is 87.5 Å². The van der Waals surface area contributed by atoms with Crippen LogP contribution in [-0.4, -0.2) is 27.0 Å². The Kier molecular flexibility index (Phi) is 7.84. The van der Waals surface area contributed by atoms with Crippen molar-refractivity contribution in [3.8, 4) is 5.69 Å². The van der Waals surface area contributed by atoms with E-state index in [0.717, 1.165) is 29.8 Å². The van der Waals surface area contributed by atoms with Crippen molar-refractivity contribution in [2.24, 2.45) is 0 Å². The number of fused-ring (bicyclic) bond motifs is 1. The monoisotopic (exact) mass is 482 g/mol. The molecule has 0 bridgehead atoms. The number of carbonyl (C=O) groups is 1. The SMILES string of the molecule is CCCN(C(=O)Nc1ccc(C)cc1)C(CC)c1nc2ccccc2c(=O)n1-c1ccc(CC)cc1. The van der Waals surface area contributed by atoms with Crippen molar-refractivity contribution in [1.82, 2.24) is 14.5 Å². The first-order valence-electron chi connectivity index (χ1n) is 12.7. The summed E-state index contributed by atoms with van der Waals surface area (Å²) in [5, 5.41) is 3.59. The molecule has 4 aromatic rings. The van der Waals surface area contributed by atoms with Crippen LogP contribution in [0.5, 0.6) is 0 Å². The molecule has 1 N–H and O–H groups in total. The van der Waals surface area contributed by atoms with E-state index in [-0.39, 0.29) is 11.6 Å². The third-order valence-electron chi connectivity index (χ3n) is 6.49. The van der Waals surface area contributed by atoms with E-state index in [1.165, 1.54) is 5.56 Å². The highest BCUT2D eigenvalue weighted by atomic mass is 16.2. The first-order valence-corrected chi connectivity index (χ1v) is 12.7. The van der Waals surface area contributed by atoms with Gasteiger partial charge in [0.25, 0.3) is 5.56 Å². The second-order valence-corrected chi connectivity index (χ2v) is 9.06. The van der Waals surface area contributed by atoms with Crippen LogP contribution in [-0.2, 0) is 6.42 Å². The molecule has 6 heteroatoms. The zero-order valence-electron chi connectivity index (χ0n) is 21.5. The molecule has 1 aromatic heterocycles. The quantitative estimate of drug-likeness (QED) is 0.306. The summed E-state index contributed by atoms with van der Waals surface area (Å²) in [5.74, 6) is 0.568. The van der Waals surface area contributed by atoms with Gasteiger partial charge in [0.1, 0.15) is 5.82 Å². The van der Waals surface area contributed by atoms with Crippen molar-refractivity contribution in [3.05, 3.63) is 100 Å². The number of carbonyl (C=O) groups excluding carboxylic acids is 1. The maximum Gasteiger partial charge on any atom is 0.322 e. The second-order valence-electron chi connectivity index (χ2n) is 9.06. The van der Waals surface area contributed by atoms with Crippen molar-refractivity contribution >= 4 is 22.6 Å². The average molecular weight is 483 g/mol. The molecule has 0 saturated carbocycles. The molecule has 0 saturated heterocycles. The fraction of sp³-hybridized carbons (Fsp3) is 0.300. The van der Waals surface area contributed by atoms with Crippen molar-refractivity contribution in [3.63, 3.8) is 0 Å². The molecule has 0 aliphatic rings. The van der Waals surface area contributed by atoms with E-state index in [0.29, 0.717) is 29.7 Å². The highest BCUT2D eigenvalue weighted by Crippen LogP contribution is 2.27. The van der Waals surface area contributed by atoms with Gasteiger partial charge in [-0.2, -0.15) is 0 Å². The van der Waals surface area contributed by atoms with Crippen LogP contribution in [0.25, 0.3) is 16.6 Å². The van der Waals surface area contributed by atoms with E-state index in [9.17, 15) is 9.59 Å². The first-order chi connectivity index (χ1) is 17.5. The largest absolute Gasteiger partial charge is 0.322 e. The molecule has 6 nitrogen and oxygen atoms in total. The molecule has 1 atom stereocenters. The van der Waals surface area contributed by atoms with Gasteiger partial charge in [0.15, 0.2) is 0 Å². The van der Waals surface area contributed by atoms with Crippen LogP contribution in [0.4, 0.5) is 10.5 Å². The van der Waals surface area contributed by atoms with Crippen molar-refractivity contribution in [1.29, 1.82) is 0 Å². The molecule has 0 radical (unpaired) electrons. The topological polar surface area (TPSA) is 67.2 Å². The zero-order chi connectivity index (χ0) is 25.7. The van der Waals surface area contributed by atoms with Gasteiger partial charge in [0.2, 0.25) is 0 Å². The lowest BCUT2D eigenvalue weighted by Gasteiger charge is -2.32. The molecule has 36 heavy (non-hydrogen) atoms. The smallest absolute Gasteiger partial charge is 0.314 e. The molecule has 3 aromatic carbocycles. The summed E-state index contributed by atoms with van der Waals surface area (Å²) in [7, 11) is 0. The number of urea groups is 1. The van der Waals surface area contributed by atoms with Crippen molar-refractivity contribution in [2.45, 2.75) is 53.0 Å². The summed E-state index contributed by atoms with van der Waals surface area (Å²) in [4.78, 5) is 34.1. The Bertz CT molecular complexity index is 1390. The van der Waals surface area contributed by atoms with Gasteiger partial charge in [-0.15, -0.1) is 0 Å². The van der Waals surface area contributed by atoms with Gasteiger partial charge in [-0.25, -0.2) is 9.78 Å². The van der Waals surface area contributed by atoms with Gasteiger partial charge in [0, 0.05) is 12.2 Å². The number of hydrogen-bond acceptors (Lipinski definition) is 3. The summed E-state index contributed by atoms with van der Waals surface area (Å²) in [6.45, 7) is 8.72. The summed E-state index contributed by atoms with van der Waals surface area (Å²) >= 11 is 0. The van der Waals surface area contributed by atoms with Gasteiger partial charge in [0.05, 0.1) is 22.6 Å². The van der Waals surface area contributed by atoms with Crippen LogP contribution in [0, 0.1) is 6.92 Å². The number of aryl methyl sites for hydroxylation is 2. The lowest BCUT2D eigenvalue weighted by atomic mass is 10.1. The lowest BCUT2D eigenvalue weighted by Crippen LogP contribution is -2.41. The Hall–Kier alpha value is -3.93. The van der Waals surface area contributed by atoms with Crippen LogP contribution in [0.15, 0.2) is 77.6 Å². The van der Waals surface area contributed by atoms with Crippen LogP contribution < -0.4 is 10.9 Å². The molecule has 0 aliphatic carbocycles. The Morgan fingerprint density at radius 3 is 2.31 bits per heavy atom. The maximum absolute atomic E-state index is 13.8. The summed E-state index contributed by atoms with van der Waals surface area (Å²) in [6.07, 6.45) is 2.30. The van der Waals surface area contributed by atoms with Gasteiger partial charge in [-0.3, -0.25) is 9.36 Å². The van der Waals surface area contributed by atoms with Crippen LogP contribution in [0.3, 0.4) is 0 Å². The molecule has 2 amide bonds. The number of benzene rings is 3. The minimum atomic E-state index is -0.390. The Morgan fingerprint density at radius 2 is 1.67 bits per heavy atom. The van der Waals surface area contributed by atoms with E-state index in [2.05, 4.69) is 12.2 Å². The third kappa shape index (κ3) is 5.18. The standard InChI is InChI=1S/C30H34N4O2/c1-5-20-33(30(36)31-23-16-12-21(4)13-17-23)27(7-3)28-32-26-11-9-8-10-25(26)29(35)34(28)24-18-14-22(6-2)15-19-24/h8-19,27H,5-7,20H2,1-4H3,(H,31,36). The molecule has 4 rings (SSSR count). The van der Waals surface area contributed by atoms with Gasteiger partial charge in [-0.05, 0) is 68.1 Å². The normalized spacial score (nSPS) is 11.9. The number of para-hydroxylation sites is 1. The molecule has 0 fully saturated rings. The second kappa shape index (κ2) is 11.2. The Labute approximate surface area is 212 Å². The van der Waals surface area contributed by atoms with Crippen molar-refractivity contribution < 1.29 is 4.79 Å². The number of amides is 2. The fourth-order valence-corrected chi connectivity index (χ4v) is 4.52. The number of nitrogens with zero attached hydrogens (tertiary/aromatic N) is 3. The maximum atomic E-state index is 13.8. The number of nitrogens with one attached hydrogen (secondary N) is 1. The summed E-state index contributed by atoms with van der Waals surface area (Å²) in [6, 6.07) is 22.5. The molecule has 1 unspecified atom stereocenters. The van der Waals surface area contributed by atoms with Gasteiger partial charge in [-0.1, -0.05) is 62.7 Å². The summed E-state index contributed by atoms with van der Waals surface area (Å²) < 4.78 is 1.68. The minimum Gasteiger partial charge on any atom is -0.314 e. The predicted molar refractivity (Wildman–Crippen MR) is 147 cm³/mol. The fourth-order valence-electron chi connectivity index (χ4n) is 4.52. The van der Waals surface area contributed by atoms with Crippen LogP contribution in [0.1, 0.15) is 56.6 Å². The Morgan fingerprint density at radius 1 is 0.972 bits per heavy atom. The summed E-state index contributed by atoms with van der Waals surface area (Å²) in [5.41, 5.74) is 4.31. The molecular formula is C30H34N4O2. The van der Waals surface area contributed by atoms with Crippen LogP contribution in [0.2, 0.25) is 0 Å². The van der Waals surface area contributed by atoms with Crippen molar-refractivity contribution in [2.75, 3.05) is 11.9 Å². The first kappa shape index (κ1) is 25.2. The minimum absolute atomic E-state index is 0.131. The predicted octanol–water partition coefficient (Wildman–Crippen LogP) is 6.65. The van der Waals surface area contributed by atoms with Gasteiger partial charge < -0.3 is 10.2 Å². The van der Waals surface area contributed by atoms with E-state index < -0.39 is 6.04 Å². The van der Waals surface area contributed by atoms with E-state index >= 15 is 0 Å². The highest BCUT2D eigenvalue weighted by molar-refractivity contribution is 5.89. The number of anilines is 1. The zero-order valence-corrected chi connectivity index (χ0v) is 21.5. The number of rotatable bonds is 8. The van der Waals surface area contributed by atoms with E-state index in [1.54, 1.807) is 15.5 Å². The average Bonchev–Trinajstić information content (AvgIpc) is 2.90. The molecule has 0 aliphatic heterocycles. The van der Waals surface area contributed by atoms with Crippen LogP contribution >= 0.6 is 0 Å². The Balaban J connectivity index is 1.85.